The molecule has 0 bridgehead atoms. The minimum Gasteiger partial charge on any atom is -0.375 e. The van der Waals surface area contributed by atoms with Gasteiger partial charge in [-0.3, -0.25) is 4.79 Å². The van der Waals surface area contributed by atoms with Gasteiger partial charge in [0.2, 0.25) is 5.91 Å². The molecule has 1 aromatic rings. The van der Waals surface area contributed by atoms with Crippen LogP contribution in [0.15, 0.2) is 18.3 Å². The summed E-state index contributed by atoms with van der Waals surface area (Å²) in [5.74, 6) is 0.804. The Morgan fingerprint density at radius 1 is 1.47 bits per heavy atom. The van der Waals surface area contributed by atoms with Gasteiger partial charge in [-0.15, -0.1) is 0 Å². The molecule has 0 spiro atoms. The summed E-state index contributed by atoms with van der Waals surface area (Å²) in [5.41, 5.74) is 0.600. The Balaban J connectivity index is 1.96. The van der Waals surface area contributed by atoms with Crippen molar-refractivity contribution in [2.24, 2.45) is 0 Å². The Bertz CT molecular complexity index is 490. The van der Waals surface area contributed by atoms with Crippen LogP contribution < -0.4 is 4.90 Å². The first-order chi connectivity index (χ1) is 9.24. The number of ether oxygens (including phenoxy) is 1. The van der Waals surface area contributed by atoms with Gasteiger partial charge in [-0.2, -0.15) is 5.26 Å². The third-order valence-electron chi connectivity index (χ3n) is 3.10. The number of nitrogens with zero attached hydrogens (tertiary/aromatic N) is 4. The first kappa shape index (κ1) is 13.3. The topological polar surface area (TPSA) is 69.5 Å². The summed E-state index contributed by atoms with van der Waals surface area (Å²) in [6, 6.07) is 5.56. The fourth-order valence-corrected chi connectivity index (χ4v) is 2.06. The number of anilines is 1. The largest absolute Gasteiger partial charge is 0.375 e. The first-order valence-corrected chi connectivity index (χ1v) is 6.12. The van der Waals surface area contributed by atoms with Crippen LogP contribution in [-0.2, 0) is 9.53 Å². The SMILES string of the molecule is COCC(=O)N1CCN(c2cc(C#N)ccn2)CC1. The Hall–Kier alpha value is -2.13. The van der Waals surface area contributed by atoms with Gasteiger partial charge in [0.05, 0.1) is 11.6 Å². The molecular formula is C13H16N4O2. The zero-order valence-corrected chi connectivity index (χ0v) is 10.9. The van der Waals surface area contributed by atoms with E-state index in [0.717, 1.165) is 18.9 Å². The Morgan fingerprint density at radius 2 is 2.21 bits per heavy atom. The first-order valence-electron chi connectivity index (χ1n) is 6.12. The normalized spacial score (nSPS) is 15.2. The van der Waals surface area contributed by atoms with Crippen molar-refractivity contribution in [1.29, 1.82) is 5.26 Å². The average Bonchev–Trinajstić information content (AvgIpc) is 2.48. The van der Waals surface area contributed by atoms with E-state index < -0.39 is 0 Å². The molecule has 0 aliphatic carbocycles. The van der Waals surface area contributed by atoms with Crippen molar-refractivity contribution in [2.75, 3.05) is 44.8 Å². The summed E-state index contributed by atoms with van der Waals surface area (Å²) >= 11 is 0. The van der Waals surface area contributed by atoms with Crippen molar-refractivity contribution in [1.82, 2.24) is 9.88 Å². The molecule has 2 heterocycles. The van der Waals surface area contributed by atoms with Crippen molar-refractivity contribution in [3.8, 4) is 6.07 Å². The van der Waals surface area contributed by atoms with Gasteiger partial charge in [0.25, 0.3) is 0 Å². The van der Waals surface area contributed by atoms with Crippen LogP contribution >= 0.6 is 0 Å². The monoisotopic (exact) mass is 260 g/mol. The Labute approximate surface area is 112 Å². The molecule has 1 aliphatic rings. The van der Waals surface area contributed by atoms with Gasteiger partial charge in [0, 0.05) is 39.5 Å². The van der Waals surface area contributed by atoms with Gasteiger partial charge in [0.1, 0.15) is 12.4 Å². The predicted molar refractivity (Wildman–Crippen MR) is 69.6 cm³/mol. The lowest BCUT2D eigenvalue weighted by Gasteiger charge is -2.35. The van der Waals surface area contributed by atoms with Crippen molar-refractivity contribution >= 4 is 11.7 Å². The molecule has 100 valence electrons. The Morgan fingerprint density at radius 3 is 2.84 bits per heavy atom. The minimum absolute atomic E-state index is 0.0147. The molecule has 19 heavy (non-hydrogen) atoms. The molecular weight excluding hydrogens is 244 g/mol. The molecule has 0 unspecified atom stereocenters. The molecule has 0 saturated carbocycles. The van der Waals surface area contributed by atoms with Gasteiger partial charge < -0.3 is 14.5 Å². The molecule has 2 rings (SSSR count). The van der Waals surface area contributed by atoms with E-state index in [1.165, 1.54) is 7.11 Å². The van der Waals surface area contributed by atoms with Crippen LogP contribution in [0.25, 0.3) is 0 Å². The molecule has 6 nitrogen and oxygen atoms in total. The predicted octanol–water partition coefficient (Wildman–Crippen LogP) is 0.248. The lowest BCUT2D eigenvalue weighted by Crippen LogP contribution is -2.50. The molecule has 0 radical (unpaired) electrons. The number of hydrogen-bond acceptors (Lipinski definition) is 5. The highest BCUT2D eigenvalue weighted by atomic mass is 16.5. The summed E-state index contributed by atoms with van der Waals surface area (Å²) in [6.07, 6.45) is 1.64. The summed E-state index contributed by atoms with van der Waals surface area (Å²) in [6.45, 7) is 2.87. The van der Waals surface area contributed by atoms with Crippen molar-refractivity contribution in [2.45, 2.75) is 0 Å². The number of carbonyl (C=O) groups excluding carboxylic acids is 1. The Kier molecular flexibility index (Phi) is 4.31. The van der Waals surface area contributed by atoms with E-state index in [9.17, 15) is 4.79 Å². The van der Waals surface area contributed by atoms with Crippen LogP contribution in [0.3, 0.4) is 0 Å². The average molecular weight is 260 g/mol. The maximum absolute atomic E-state index is 11.7. The number of methoxy groups -OCH3 is 1. The summed E-state index contributed by atoms with van der Waals surface area (Å²) in [7, 11) is 1.52. The molecule has 0 N–H and O–H groups in total. The number of piperazine rings is 1. The van der Waals surface area contributed by atoms with Gasteiger partial charge in [0.15, 0.2) is 0 Å². The van der Waals surface area contributed by atoms with Gasteiger partial charge in [-0.25, -0.2) is 4.98 Å². The van der Waals surface area contributed by atoms with Crippen molar-refractivity contribution in [3.05, 3.63) is 23.9 Å². The van der Waals surface area contributed by atoms with Crippen LogP contribution in [0.2, 0.25) is 0 Å². The standard InChI is InChI=1S/C13H16N4O2/c1-19-10-13(18)17-6-4-16(5-7-17)12-8-11(9-14)2-3-15-12/h2-3,8H,4-7,10H2,1H3. The van der Waals surface area contributed by atoms with Crippen molar-refractivity contribution < 1.29 is 9.53 Å². The molecule has 1 amide bonds. The molecule has 1 aliphatic heterocycles. The number of amides is 1. The number of nitriles is 1. The second kappa shape index (κ2) is 6.16. The second-order valence-corrected chi connectivity index (χ2v) is 4.32. The summed E-state index contributed by atoms with van der Waals surface area (Å²) in [5, 5.41) is 8.87. The zero-order chi connectivity index (χ0) is 13.7. The fraction of sp³-hybridized carbons (Fsp3) is 0.462. The number of hydrogen-bond donors (Lipinski definition) is 0. The summed E-state index contributed by atoms with van der Waals surface area (Å²) < 4.78 is 4.85. The van der Waals surface area contributed by atoms with Crippen LogP contribution in [-0.4, -0.2) is 55.7 Å². The lowest BCUT2D eigenvalue weighted by molar-refractivity contribution is -0.135. The van der Waals surface area contributed by atoms with E-state index in [-0.39, 0.29) is 12.5 Å². The molecule has 1 aromatic heterocycles. The third-order valence-corrected chi connectivity index (χ3v) is 3.10. The molecule has 1 fully saturated rings. The van der Waals surface area contributed by atoms with E-state index in [4.69, 9.17) is 10.00 Å². The molecule has 1 saturated heterocycles. The van der Waals surface area contributed by atoms with Crippen LogP contribution in [0, 0.1) is 11.3 Å². The maximum Gasteiger partial charge on any atom is 0.248 e. The number of aromatic nitrogens is 1. The van der Waals surface area contributed by atoms with E-state index >= 15 is 0 Å². The molecule has 6 heteroatoms. The number of rotatable bonds is 3. The van der Waals surface area contributed by atoms with Crippen LogP contribution in [0.1, 0.15) is 5.56 Å². The van der Waals surface area contributed by atoms with E-state index in [0.29, 0.717) is 18.7 Å². The second-order valence-electron chi connectivity index (χ2n) is 4.32. The van der Waals surface area contributed by atoms with E-state index in [2.05, 4.69) is 16.0 Å². The fourth-order valence-electron chi connectivity index (χ4n) is 2.06. The van der Waals surface area contributed by atoms with E-state index in [1.54, 1.807) is 23.2 Å². The highest BCUT2D eigenvalue weighted by molar-refractivity contribution is 5.77. The quantitative estimate of drug-likeness (QED) is 0.779. The van der Waals surface area contributed by atoms with Gasteiger partial charge in [-0.05, 0) is 12.1 Å². The lowest BCUT2D eigenvalue weighted by atomic mass is 10.2. The molecule has 0 aromatic carbocycles. The highest BCUT2D eigenvalue weighted by Gasteiger charge is 2.21. The summed E-state index contributed by atoms with van der Waals surface area (Å²) in [4.78, 5) is 19.8. The minimum atomic E-state index is 0.0147. The van der Waals surface area contributed by atoms with E-state index in [1.807, 2.05) is 0 Å². The van der Waals surface area contributed by atoms with Crippen LogP contribution in [0.5, 0.6) is 0 Å². The van der Waals surface area contributed by atoms with Gasteiger partial charge in [-0.1, -0.05) is 0 Å². The third kappa shape index (κ3) is 3.20. The number of carbonyl (C=O) groups is 1. The van der Waals surface area contributed by atoms with Crippen molar-refractivity contribution in [3.63, 3.8) is 0 Å². The zero-order valence-electron chi connectivity index (χ0n) is 10.9. The van der Waals surface area contributed by atoms with Gasteiger partial charge >= 0.3 is 0 Å². The maximum atomic E-state index is 11.7. The number of pyridine rings is 1. The molecule has 0 atom stereocenters. The smallest absolute Gasteiger partial charge is 0.248 e. The highest BCUT2D eigenvalue weighted by Crippen LogP contribution is 2.14. The van der Waals surface area contributed by atoms with Crippen LogP contribution in [0.4, 0.5) is 5.82 Å².